The lowest BCUT2D eigenvalue weighted by Gasteiger charge is -2.22. The first-order chi connectivity index (χ1) is 9.37. The van der Waals surface area contributed by atoms with Gasteiger partial charge in [-0.15, -0.1) is 0 Å². The van der Waals surface area contributed by atoms with Gasteiger partial charge in [-0.05, 0) is 53.4 Å². The normalized spacial score (nSPS) is 15.6. The minimum Gasteiger partial charge on any atom is -0.478 e. The molecule has 1 aromatic carbocycles. The van der Waals surface area contributed by atoms with Crippen LogP contribution in [0.2, 0.25) is 0 Å². The molecule has 0 saturated heterocycles. The third-order valence-corrected chi connectivity index (χ3v) is 6.11. The molecule has 1 fully saturated rings. The van der Waals surface area contributed by atoms with Crippen molar-refractivity contribution in [2.24, 2.45) is 0 Å². The summed E-state index contributed by atoms with van der Waals surface area (Å²) in [5, 5.41) is 9.01. The van der Waals surface area contributed by atoms with E-state index in [1.54, 1.807) is 0 Å². The first-order valence-corrected chi connectivity index (χ1v) is 8.66. The number of aromatic carboxylic acids is 1. The molecule has 110 valence electrons. The van der Waals surface area contributed by atoms with Gasteiger partial charge in [-0.1, -0.05) is 6.92 Å². The summed E-state index contributed by atoms with van der Waals surface area (Å²) in [5.74, 6) is -1.14. The summed E-state index contributed by atoms with van der Waals surface area (Å²) < 4.78 is 27.3. The number of hydrogen-bond acceptors (Lipinski definition) is 3. The maximum atomic E-state index is 12.7. The lowest BCUT2D eigenvalue weighted by atomic mass is 10.2. The molecule has 1 N–H and O–H groups in total. The van der Waals surface area contributed by atoms with Gasteiger partial charge in [-0.2, -0.15) is 4.31 Å². The lowest BCUT2D eigenvalue weighted by molar-refractivity contribution is 0.0696. The summed E-state index contributed by atoms with van der Waals surface area (Å²) >= 11 is 3.21. The number of nitrogens with zero attached hydrogens (tertiary/aromatic N) is 1. The van der Waals surface area contributed by atoms with Gasteiger partial charge in [-0.25, -0.2) is 13.2 Å². The Morgan fingerprint density at radius 1 is 1.45 bits per heavy atom. The fourth-order valence-corrected chi connectivity index (χ4v) is 4.77. The van der Waals surface area contributed by atoms with E-state index in [0.717, 1.165) is 19.3 Å². The van der Waals surface area contributed by atoms with E-state index in [2.05, 4.69) is 15.9 Å². The van der Waals surface area contributed by atoms with Gasteiger partial charge in [0.05, 0.1) is 10.5 Å². The maximum absolute atomic E-state index is 12.7. The molecule has 0 atom stereocenters. The summed E-state index contributed by atoms with van der Waals surface area (Å²) in [6.45, 7) is 2.38. The molecule has 1 aliphatic carbocycles. The third-order valence-electron chi connectivity index (χ3n) is 3.16. The molecule has 0 radical (unpaired) electrons. The summed E-state index contributed by atoms with van der Waals surface area (Å²) in [6.07, 6.45) is 2.47. The second-order valence-electron chi connectivity index (χ2n) is 4.80. The van der Waals surface area contributed by atoms with Crippen LogP contribution in [0, 0.1) is 0 Å². The van der Waals surface area contributed by atoms with Crippen molar-refractivity contribution in [3.63, 3.8) is 0 Å². The molecule has 0 heterocycles. The average Bonchev–Trinajstić information content (AvgIpc) is 3.19. The predicted octanol–water partition coefficient (Wildman–Crippen LogP) is 2.71. The van der Waals surface area contributed by atoms with Crippen LogP contribution in [0.3, 0.4) is 0 Å². The molecule has 0 amide bonds. The molecule has 2 rings (SSSR count). The quantitative estimate of drug-likeness (QED) is 0.844. The van der Waals surface area contributed by atoms with Crippen molar-refractivity contribution >= 4 is 31.9 Å². The van der Waals surface area contributed by atoms with Crippen LogP contribution < -0.4 is 0 Å². The van der Waals surface area contributed by atoms with E-state index in [1.807, 2.05) is 6.92 Å². The van der Waals surface area contributed by atoms with Crippen LogP contribution in [-0.4, -0.2) is 36.4 Å². The summed E-state index contributed by atoms with van der Waals surface area (Å²) in [4.78, 5) is 11.0. The Kier molecular flexibility index (Phi) is 4.51. The van der Waals surface area contributed by atoms with Crippen molar-refractivity contribution in [1.82, 2.24) is 4.31 Å². The second kappa shape index (κ2) is 5.83. The zero-order chi connectivity index (χ0) is 14.9. The number of sulfonamides is 1. The van der Waals surface area contributed by atoms with Crippen LogP contribution in [0.4, 0.5) is 0 Å². The zero-order valence-electron chi connectivity index (χ0n) is 11.0. The molecule has 20 heavy (non-hydrogen) atoms. The van der Waals surface area contributed by atoms with E-state index in [4.69, 9.17) is 5.11 Å². The highest BCUT2D eigenvalue weighted by molar-refractivity contribution is 9.10. The molecule has 1 aliphatic rings. The Morgan fingerprint density at radius 3 is 2.60 bits per heavy atom. The third kappa shape index (κ3) is 3.05. The Bertz CT molecular complexity index is 625. The average molecular weight is 362 g/mol. The van der Waals surface area contributed by atoms with Crippen LogP contribution in [-0.2, 0) is 10.0 Å². The molecule has 0 unspecified atom stereocenters. The molecule has 0 spiro atoms. The van der Waals surface area contributed by atoms with Gasteiger partial charge in [0.1, 0.15) is 0 Å². The van der Waals surface area contributed by atoms with E-state index in [-0.39, 0.29) is 16.5 Å². The van der Waals surface area contributed by atoms with Crippen LogP contribution in [0.1, 0.15) is 36.5 Å². The van der Waals surface area contributed by atoms with Crippen molar-refractivity contribution in [2.75, 3.05) is 6.54 Å². The number of benzene rings is 1. The van der Waals surface area contributed by atoms with E-state index in [1.165, 1.54) is 22.5 Å². The Labute approximate surface area is 126 Å². The predicted molar refractivity (Wildman–Crippen MR) is 78.3 cm³/mol. The number of carbonyl (C=O) groups is 1. The van der Waals surface area contributed by atoms with Crippen molar-refractivity contribution in [2.45, 2.75) is 37.1 Å². The largest absolute Gasteiger partial charge is 0.478 e. The molecule has 0 aliphatic heterocycles. The summed E-state index contributed by atoms with van der Waals surface area (Å²) in [5.41, 5.74) is -0.0287. The van der Waals surface area contributed by atoms with Gasteiger partial charge in [0.15, 0.2) is 0 Å². The Morgan fingerprint density at radius 2 is 2.10 bits per heavy atom. The fourth-order valence-electron chi connectivity index (χ4n) is 2.04. The van der Waals surface area contributed by atoms with Crippen molar-refractivity contribution in [3.8, 4) is 0 Å². The molecule has 1 saturated carbocycles. The number of carboxylic acids is 1. The van der Waals surface area contributed by atoms with Crippen LogP contribution in [0.25, 0.3) is 0 Å². The monoisotopic (exact) mass is 361 g/mol. The lowest BCUT2D eigenvalue weighted by Crippen LogP contribution is -2.34. The van der Waals surface area contributed by atoms with Gasteiger partial charge in [0.2, 0.25) is 10.0 Å². The Hall–Kier alpha value is -0.920. The first-order valence-electron chi connectivity index (χ1n) is 6.42. The van der Waals surface area contributed by atoms with Crippen molar-refractivity contribution in [1.29, 1.82) is 0 Å². The van der Waals surface area contributed by atoms with E-state index < -0.39 is 16.0 Å². The Balaban J connectivity index is 2.47. The van der Waals surface area contributed by atoms with Crippen molar-refractivity contribution < 1.29 is 18.3 Å². The van der Waals surface area contributed by atoms with Crippen LogP contribution >= 0.6 is 15.9 Å². The SMILES string of the molecule is CCCN(C1CC1)S(=O)(=O)c1cc(C(=O)O)ccc1Br. The van der Waals surface area contributed by atoms with Gasteiger partial charge < -0.3 is 5.11 Å². The fraction of sp³-hybridized carbons (Fsp3) is 0.462. The molecule has 1 aromatic rings. The van der Waals surface area contributed by atoms with Gasteiger partial charge in [0.25, 0.3) is 0 Å². The summed E-state index contributed by atoms with van der Waals surface area (Å²) in [7, 11) is -3.66. The van der Waals surface area contributed by atoms with E-state index in [9.17, 15) is 13.2 Å². The van der Waals surface area contributed by atoms with Crippen molar-refractivity contribution in [3.05, 3.63) is 28.2 Å². The van der Waals surface area contributed by atoms with E-state index >= 15 is 0 Å². The van der Waals surface area contributed by atoms with Gasteiger partial charge in [-0.3, -0.25) is 0 Å². The molecule has 0 aromatic heterocycles. The molecular weight excluding hydrogens is 346 g/mol. The highest BCUT2D eigenvalue weighted by Gasteiger charge is 2.38. The number of halogens is 1. The highest BCUT2D eigenvalue weighted by Crippen LogP contribution is 2.34. The van der Waals surface area contributed by atoms with Gasteiger partial charge >= 0.3 is 5.97 Å². The first kappa shape index (κ1) is 15.5. The topological polar surface area (TPSA) is 74.7 Å². The number of rotatable bonds is 6. The molecule has 0 bridgehead atoms. The van der Waals surface area contributed by atoms with Crippen LogP contribution in [0.15, 0.2) is 27.6 Å². The van der Waals surface area contributed by atoms with E-state index in [0.29, 0.717) is 11.0 Å². The molecule has 7 heteroatoms. The zero-order valence-corrected chi connectivity index (χ0v) is 13.4. The van der Waals surface area contributed by atoms with Gasteiger partial charge in [0, 0.05) is 17.1 Å². The summed E-state index contributed by atoms with van der Waals surface area (Å²) in [6, 6.07) is 4.12. The van der Waals surface area contributed by atoms with Crippen LogP contribution in [0.5, 0.6) is 0 Å². The minimum atomic E-state index is -3.66. The minimum absolute atomic E-state index is 0.0257. The highest BCUT2D eigenvalue weighted by atomic mass is 79.9. The molecular formula is C13H16BrNO4S. The maximum Gasteiger partial charge on any atom is 0.335 e. The standard InChI is InChI=1S/C13H16BrNO4S/c1-2-7-15(10-4-5-10)20(18,19)12-8-9(13(16)17)3-6-11(12)14/h3,6,8,10H,2,4-5,7H2,1H3,(H,16,17). The number of hydrogen-bond donors (Lipinski definition) is 1. The number of carboxylic acid groups (broad SMARTS) is 1. The second-order valence-corrected chi connectivity index (χ2v) is 7.51. The molecule has 5 nitrogen and oxygen atoms in total. The smallest absolute Gasteiger partial charge is 0.335 e.